The van der Waals surface area contributed by atoms with Crippen molar-refractivity contribution in [2.45, 2.75) is 38.2 Å². The number of ether oxygens (including phenoxy) is 3. The second-order valence-corrected chi connectivity index (χ2v) is 11.0. The molecule has 1 aliphatic carbocycles. The van der Waals surface area contributed by atoms with Gasteiger partial charge in [0.1, 0.15) is 41.8 Å². The zero-order chi connectivity index (χ0) is 29.2. The van der Waals surface area contributed by atoms with Crippen molar-refractivity contribution in [3.05, 3.63) is 106 Å². The molecular formula is C33H29ClFN3O4. The van der Waals surface area contributed by atoms with Gasteiger partial charge in [0.15, 0.2) is 0 Å². The number of benzene rings is 3. The molecule has 1 saturated heterocycles. The lowest BCUT2D eigenvalue weighted by molar-refractivity contribution is -0.00335. The van der Waals surface area contributed by atoms with E-state index in [1.54, 1.807) is 37.6 Å². The van der Waals surface area contributed by atoms with Crippen molar-refractivity contribution in [2.24, 2.45) is 0 Å². The highest BCUT2D eigenvalue weighted by atomic mass is 35.5. The highest BCUT2D eigenvalue weighted by molar-refractivity contribution is 6.32. The van der Waals surface area contributed by atoms with E-state index in [0.29, 0.717) is 59.5 Å². The number of fused-ring (bicyclic) bond motifs is 1. The lowest BCUT2D eigenvalue weighted by Crippen LogP contribution is -2.49. The number of nitrogens with zero attached hydrogens (tertiary/aromatic N) is 3. The van der Waals surface area contributed by atoms with Gasteiger partial charge < -0.3 is 19.3 Å². The van der Waals surface area contributed by atoms with Crippen molar-refractivity contribution >= 4 is 11.6 Å². The van der Waals surface area contributed by atoms with Crippen LogP contribution in [0.25, 0.3) is 11.1 Å². The van der Waals surface area contributed by atoms with Gasteiger partial charge in [-0.2, -0.15) is 5.26 Å². The van der Waals surface area contributed by atoms with E-state index < -0.39 is 0 Å². The zero-order valence-corrected chi connectivity index (χ0v) is 23.8. The van der Waals surface area contributed by atoms with E-state index in [-0.39, 0.29) is 24.6 Å². The molecule has 0 amide bonds. The average molecular weight is 586 g/mol. The third kappa shape index (κ3) is 5.77. The molecule has 0 saturated carbocycles. The largest absolute Gasteiger partial charge is 0.497 e. The Balaban J connectivity index is 1.28. The highest BCUT2D eigenvalue weighted by Gasteiger charge is 2.29. The van der Waals surface area contributed by atoms with Crippen LogP contribution in [0, 0.1) is 17.1 Å². The van der Waals surface area contributed by atoms with E-state index in [9.17, 15) is 14.8 Å². The molecule has 1 atom stereocenters. The molecule has 0 spiro atoms. The first kappa shape index (κ1) is 28.0. The summed E-state index contributed by atoms with van der Waals surface area (Å²) in [5.74, 6) is 1.37. The van der Waals surface area contributed by atoms with Crippen LogP contribution in [0.3, 0.4) is 0 Å². The summed E-state index contributed by atoms with van der Waals surface area (Å²) < 4.78 is 32.9. The van der Waals surface area contributed by atoms with Gasteiger partial charge in [0.2, 0.25) is 0 Å². The molecule has 1 aromatic heterocycles. The summed E-state index contributed by atoms with van der Waals surface area (Å²) in [7, 11) is 1.57. The first-order valence-electron chi connectivity index (χ1n) is 13.7. The lowest BCUT2D eigenvalue weighted by atomic mass is 9.96. The van der Waals surface area contributed by atoms with Gasteiger partial charge in [0.05, 0.1) is 23.8 Å². The number of aliphatic hydroxyl groups excluding tert-OH is 1. The maximum Gasteiger partial charge on any atom is 0.142 e. The van der Waals surface area contributed by atoms with E-state index >= 15 is 0 Å². The summed E-state index contributed by atoms with van der Waals surface area (Å²) in [6.45, 7) is 1.93. The number of halogens is 2. The summed E-state index contributed by atoms with van der Waals surface area (Å²) in [4.78, 5) is 6.23. The Hall–Kier alpha value is -4.16. The summed E-state index contributed by atoms with van der Waals surface area (Å²) >= 11 is 6.76. The number of aromatic nitrogens is 1. The van der Waals surface area contributed by atoms with Crippen molar-refractivity contribution in [1.29, 1.82) is 5.26 Å². The van der Waals surface area contributed by atoms with E-state index in [1.807, 2.05) is 24.3 Å². The van der Waals surface area contributed by atoms with Crippen LogP contribution in [0.15, 0.2) is 67.0 Å². The van der Waals surface area contributed by atoms with Crippen LogP contribution in [0.4, 0.5) is 4.39 Å². The van der Waals surface area contributed by atoms with Crippen molar-refractivity contribution < 1.29 is 23.7 Å². The van der Waals surface area contributed by atoms with E-state index in [4.69, 9.17) is 25.8 Å². The van der Waals surface area contributed by atoms with Crippen LogP contribution in [0.1, 0.15) is 40.3 Å². The first-order chi connectivity index (χ1) is 20.4. The molecule has 42 heavy (non-hydrogen) atoms. The van der Waals surface area contributed by atoms with Gasteiger partial charge in [0, 0.05) is 54.8 Å². The fraction of sp³-hybridized carbons (Fsp3) is 0.273. The SMILES string of the molecule is COc1ccc(F)c(-c2cccc3c2CC[C@@H]3Oc2cc(OCc3cncc(C#N)c3)c(CN3CC(O)C3)cc2Cl)c1. The second-order valence-electron chi connectivity index (χ2n) is 10.6. The third-order valence-corrected chi connectivity index (χ3v) is 8.01. The number of rotatable bonds is 9. The van der Waals surface area contributed by atoms with Crippen LogP contribution in [0.5, 0.6) is 17.2 Å². The van der Waals surface area contributed by atoms with Gasteiger partial charge >= 0.3 is 0 Å². The Morgan fingerprint density at radius 2 is 1.95 bits per heavy atom. The minimum atomic E-state index is -0.329. The number of hydrogen-bond acceptors (Lipinski definition) is 7. The molecule has 1 fully saturated rings. The van der Waals surface area contributed by atoms with Crippen molar-refractivity contribution in [3.63, 3.8) is 0 Å². The van der Waals surface area contributed by atoms with Gasteiger partial charge in [-0.05, 0) is 59.9 Å². The Bertz CT molecular complexity index is 1670. The fourth-order valence-corrected chi connectivity index (χ4v) is 5.84. The quantitative estimate of drug-likeness (QED) is 0.249. The first-order valence-corrected chi connectivity index (χ1v) is 14.1. The van der Waals surface area contributed by atoms with E-state index in [0.717, 1.165) is 34.2 Å². The molecule has 214 valence electrons. The van der Waals surface area contributed by atoms with Gasteiger partial charge in [-0.3, -0.25) is 9.88 Å². The molecule has 2 aliphatic rings. The molecule has 6 rings (SSSR count). The number of pyridine rings is 1. The smallest absolute Gasteiger partial charge is 0.142 e. The van der Waals surface area contributed by atoms with Gasteiger partial charge in [-0.1, -0.05) is 29.8 Å². The minimum Gasteiger partial charge on any atom is -0.497 e. The van der Waals surface area contributed by atoms with Crippen LogP contribution >= 0.6 is 11.6 Å². The fourth-order valence-electron chi connectivity index (χ4n) is 5.61. The second kappa shape index (κ2) is 12.0. The molecule has 9 heteroatoms. The molecule has 2 heterocycles. The summed E-state index contributed by atoms with van der Waals surface area (Å²) in [6, 6.07) is 18.1. The van der Waals surface area contributed by atoms with Gasteiger partial charge in [-0.25, -0.2) is 4.39 Å². The Labute approximate surface area is 248 Å². The molecule has 4 aromatic rings. The topological polar surface area (TPSA) is 87.8 Å². The van der Waals surface area contributed by atoms with Gasteiger partial charge in [-0.15, -0.1) is 0 Å². The van der Waals surface area contributed by atoms with E-state index in [2.05, 4.69) is 16.0 Å². The molecule has 0 bridgehead atoms. The standard InChI is InChI=1S/C33H29ClFN3O4/c1-40-24-5-7-30(35)28(11-24)25-3-2-4-27-26(25)6-8-31(27)42-33-12-32(41-19-21-9-20(13-36)14-37-15-21)22(10-29(33)34)16-38-17-23(39)18-38/h2-5,7,9-12,14-15,23,31,39H,6,8,16-19H2,1H3/t31-/m0/s1. The maximum atomic E-state index is 14.9. The summed E-state index contributed by atoms with van der Waals surface area (Å²) in [5, 5.41) is 19.4. The van der Waals surface area contributed by atoms with Crippen LogP contribution in [-0.2, 0) is 19.6 Å². The maximum absolute atomic E-state index is 14.9. The highest BCUT2D eigenvalue weighted by Crippen LogP contribution is 2.44. The summed E-state index contributed by atoms with van der Waals surface area (Å²) in [6.07, 6.45) is 4.01. The van der Waals surface area contributed by atoms with Crippen LogP contribution in [-0.4, -0.2) is 41.3 Å². The Morgan fingerprint density at radius 3 is 2.74 bits per heavy atom. The van der Waals surface area contributed by atoms with Crippen LogP contribution in [0.2, 0.25) is 5.02 Å². The molecule has 7 nitrogen and oxygen atoms in total. The summed E-state index contributed by atoms with van der Waals surface area (Å²) in [5.41, 5.74) is 5.44. The number of nitriles is 1. The van der Waals surface area contributed by atoms with Gasteiger partial charge in [0.25, 0.3) is 0 Å². The van der Waals surface area contributed by atoms with Crippen LogP contribution < -0.4 is 14.2 Å². The monoisotopic (exact) mass is 585 g/mol. The number of likely N-dealkylation sites (tertiary alicyclic amines) is 1. The molecular weight excluding hydrogens is 557 g/mol. The Morgan fingerprint density at radius 1 is 1.10 bits per heavy atom. The van der Waals surface area contributed by atoms with Crippen molar-refractivity contribution in [3.8, 4) is 34.4 Å². The molecule has 1 N–H and O–H groups in total. The van der Waals surface area contributed by atoms with Crippen molar-refractivity contribution in [2.75, 3.05) is 20.2 Å². The molecule has 1 aliphatic heterocycles. The Kier molecular flexibility index (Phi) is 7.98. The van der Waals surface area contributed by atoms with Crippen molar-refractivity contribution in [1.82, 2.24) is 9.88 Å². The number of aliphatic hydroxyl groups is 1. The zero-order valence-electron chi connectivity index (χ0n) is 23.0. The number of methoxy groups -OCH3 is 1. The predicted octanol–water partition coefficient (Wildman–Crippen LogP) is 6.24. The molecule has 3 aromatic carbocycles. The number of β-amino-alcohol motifs (C(OH)–C–C–N with tert-alkyl or cyclic N) is 1. The normalized spacial score (nSPS) is 16.4. The average Bonchev–Trinajstić information content (AvgIpc) is 3.40. The number of hydrogen-bond donors (Lipinski definition) is 1. The molecule has 0 radical (unpaired) electrons. The predicted molar refractivity (Wildman–Crippen MR) is 156 cm³/mol. The lowest BCUT2D eigenvalue weighted by Gasteiger charge is -2.36. The van der Waals surface area contributed by atoms with E-state index in [1.165, 1.54) is 12.3 Å². The third-order valence-electron chi connectivity index (χ3n) is 7.71. The minimum absolute atomic E-state index is 0.209. The molecule has 0 unspecified atom stereocenters.